The van der Waals surface area contributed by atoms with Crippen molar-refractivity contribution >= 4 is 84.3 Å². The summed E-state index contributed by atoms with van der Waals surface area (Å²) < 4.78 is 84.9. The maximum atomic E-state index is 9.89. The van der Waals surface area contributed by atoms with Gasteiger partial charge in [0.1, 0.15) is 38.1 Å². The predicted molar refractivity (Wildman–Crippen MR) is 190 cm³/mol. The zero-order valence-electron chi connectivity index (χ0n) is 27.4. The number of rotatable bonds is 18. The highest BCUT2D eigenvalue weighted by Crippen LogP contribution is 2.20. The van der Waals surface area contributed by atoms with Crippen molar-refractivity contribution in [3.63, 3.8) is 0 Å². The van der Waals surface area contributed by atoms with Crippen LogP contribution in [-0.2, 0) is 54.5 Å². The summed E-state index contributed by atoms with van der Waals surface area (Å²) >= 11 is 0. The lowest BCUT2D eigenvalue weighted by atomic mass is 10.3. The van der Waals surface area contributed by atoms with E-state index in [-0.39, 0.29) is 53.0 Å². The van der Waals surface area contributed by atoms with Gasteiger partial charge < -0.3 is 0 Å². The van der Waals surface area contributed by atoms with E-state index in [0.29, 0.717) is 19.8 Å². The molecule has 0 radical (unpaired) electrons. The third-order valence-corrected chi connectivity index (χ3v) is 6.58. The van der Waals surface area contributed by atoms with Crippen LogP contribution in [0.25, 0.3) is 0 Å². The molecule has 9 unspecified atom stereocenters. The molecule has 0 aliphatic heterocycles. The molecule has 282 valence electrons. The molecule has 0 rings (SSSR count). The Morgan fingerprint density at radius 3 is 0.617 bits per heavy atom. The Kier molecular flexibility index (Phi) is 76.3. The van der Waals surface area contributed by atoms with Crippen LogP contribution in [-0.4, -0.2) is 102 Å². The van der Waals surface area contributed by atoms with E-state index in [9.17, 15) is 27.4 Å². The molecule has 47 heavy (non-hydrogen) atoms. The largest absolute Gasteiger partial charge is 0.694 e. The van der Waals surface area contributed by atoms with Gasteiger partial charge >= 0.3 is 49.5 Å². The van der Waals surface area contributed by atoms with E-state index in [1.165, 1.54) is 0 Å². The predicted octanol–water partition coefficient (Wildman–Crippen LogP) is 5.17. The quantitative estimate of drug-likeness (QED) is 0.0766. The highest BCUT2D eigenvalue weighted by atomic mass is 31.1. The molecule has 0 spiro atoms. The average molecular weight is 841 g/mol. The lowest BCUT2D eigenvalue weighted by molar-refractivity contribution is 0.201. The van der Waals surface area contributed by atoms with Crippen LogP contribution in [0.1, 0.15) is 101 Å². The van der Waals surface area contributed by atoms with Crippen molar-refractivity contribution in [3.8, 4) is 0 Å². The van der Waals surface area contributed by atoms with E-state index in [1.54, 1.807) is 20.8 Å². The second-order valence-electron chi connectivity index (χ2n) is 7.90. The van der Waals surface area contributed by atoms with E-state index in [2.05, 4.69) is 27.1 Å². The summed E-state index contributed by atoms with van der Waals surface area (Å²) in [7, 11) is -14.3. The molecule has 0 saturated heterocycles. The Labute approximate surface area is 306 Å². The lowest BCUT2D eigenvalue weighted by Gasteiger charge is -1.93. The molecule has 0 heterocycles. The first-order valence-electron chi connectivity index (χ1n) is 13.7. The Morgan fingerprint density at radius 2 is 0.574 bits per heavy atom. The zero-order chi connectivity index (χ0) is 36.8. The second kappa shape index (κ2) is 54.0. The molecule has 0 aliphatic rings. The summed E-state index contributed by atoms with van der Waals surface area (Å²) in [6.07, 6.45) is 4.31. The molecular weight excluding hydrogens is 780 g/mol. The first kappa shape index (κ1) is 66.4. The summed E-state index contributed by atoms with van der Waals surface area (Å²) in [4.78, 5) is 48.3. The molecule has 0 aliphatic carbocycles. The molecule has 0 aromatic carbocycles. The Hall–Kier alpha value is 1.18. The van der Waals surface area contributed by atoms with Crippen LogP contribution in [0.15, 0.2) is 0 Å². The minimum Gasteiger partial charge on any atom is -0.133 e. The van der Waals surface area contributed by atoms with Crippen LogP contribution < -0.4 is 0 Å². The maximum Gasteiger partial charge on any atom is 0.694 e. The van der Waals surface area contributed by atoms with E-state index in [4.69, 9.17) is 29.4 Å². The summed E-state index contributed by atoms with van der Waals surface area (Å²) in [5, 5.41) is 0. The van der Waals surface area contributed by atoms with Gasteiger partial charge in [-0.25, -0.2) is 0 Å². The van der Waals surface area contributed by atoms with Gasteiger partial charge in [-0.05, 0) is 59.3 Å². The fraction of sp³-hybridized carbons (Fsp3) is 1.00. The first-order valence-corrected chi connectivity index (χ1v) is 20.4. The van der Waals surface area contributed by atoms with Gasteiger partial charge in [-0.3, -0.25) is 0 Å². The fourth-order valence-electron chi connectivity index (χ4n) is 1.19. The maximum absolute atomic E-state index is 9.89. The van der Waals surface area contributed by atoms with Crippen molar-refractivity contribution in [2.45, 2.75) is 119 Å². The first-order chi connectivity index (χ1) is 20.8. The molecule has 26 heteroatoms. The number of hydrogen-bond donors (Lipinski definition) is 6. The fourth-order valence-corrected chi connectivity index (χ4v) is 3.58. The van der Waals surface area contributed by atoms with Crippen LogP contribution >= 0.6 is 49.5 Å². The molecule has 0 bridgehead atoms. The van der Waals surface area contributed by atoms with Crippen LogP contribution in [0.2, 0.25) is 0 Å². The van der Waals surface area contributed by atoms with Crippen molar-refractivity contribution in [1.29, 1.82) is 0 Å². The normalized spacial score (nSPS) is 13.1. The standard InChI is InChI=1S/3C4H9O3P.3C3H7O3P.2Al.6H/c3*1-3-4(2)7-8(5)6;3*1-2-3-6-7(4)5;;;;;;;;/h3*4H,3H2,1-2H3;3*2-3H2,1H3;;;;;;;;/p+6. The van der Waals surface area contributed by atoms with Gasteiger partial charge in [-0.1, -0.05) is 41.5 Å². The zero-order valence-corrected chi connectivity index (χ0v) is 32.7. The monoisotopic (exact) mass is 840 g/mol. The third-order valence-electron chi connectivity index (χ3n) is 3.75. The second-order valence-corrected chi connectivity index (χ2v) is 12.2. The molecule has 6 N–H and O–H groups in total. The Morgan fingerprint density at radius 1 is 0.404 bits per heavy atom. The van der Waals surface area contributed by atoms with Crippen molar-refractivity contribution in [3.05, 3.63) is 0 Å². The third kappa shape index (κ3) is 99.1. The summed E-state index contributed by atoms with van der Waals surface area (Å²) in [6, 6.07) is 0. The molecule has 0 aromatic rings. The molecule has 9 atom stereocenters. The van der Waals surface area contributed by atoms with E-state index in [0.717, 1.165) is 38.5 Å². The SMILES string of the molecule is CCC(C)O[P+](=O)O.CCC(C)O[P+](=O)O.CCC(C)O[P+](=O)O.CCCO[P+](=O)O.CCCO[P+](=O)O.CCCO[P+](=O)O.[AlH3].[AlH3]. The van der Waals surface area contributed by atoms with Crippen molar-refractivity contribution in [2.75, 3.05) is 19.8 Å². The van der Waals surface area contributed by atoms with Crippen LogP contribution in [0, 0.1) is 0 Å². The van der Waals surface area contributed by atoms with Crippen LogP contribution in [0.4, 0.5) is 0 Å². The van der Waals surface area contributed by atoms with Crippen molar-refractivity contribution in [2.24, 2.45) is 0 Å². The summed E-state index contributed by atoms with van der Waals surface area (Å²) in [5.41, 5.74) is 0. The topological polar surface area (TPSA) is 279 Å². The van der Waals surface area contributed by atoms with Gasteiger partial charge in [0.05, 0.1) is 0 Å². The van der Waals surface area contributed by atoms with Gasteiger partial charge in [0.2, 0.25) is 0 Å². The summed E-state index contributed by atoms with van der Waals surface area (Å²) in [6.45, 7) is 17.7. The minimum atomic E-state index is -2.40. The van der Waals surface area contributed by atoms with E-state index in [1.807, 2.05) is 41.5 Å². The number of hydrogen-bond acceptors (Lipinski definition) is 12. The molecule has 18 nitrogen and oxygen atoms in total. The van der Waals surface area contributed by atoms with E-state index >= 15 is 0 Å². The van der Waals surface area contributed by atoms with Gasteiger partial charge in [0.15, 0.2) is 34.7 Å². The van der Waals surface area contributed by atoms with E-state index < -0.39 is 49.5 Å². The molecule has 0 fully saturated rings. The molecule has 0 amide bonds. The van der Waals surface area contributed by atoms with Gasteiger partial charge in [-0.15, -0.1) is 56.5 Å². The molecule has 0 saturated carbocycles. The Bertz CT molecular complexity index is 666. The smallest absolute Gasteiger partial charge is 0.133 e. The highest BCUT2D eigenvalue weighted by Gasteiger charge is 2.17. The van der Waals surface area contributed by atoms with Gasteiger partial charge in [0.25, 0.3) is 0 Å². The Balaban J connectivity index is -0.0000000642. The molecule has 0 aromatic heterocycles. The van der Waals surface area contributed by atoms with Gasteiger partial charge in [0, 0.05) is 27.4 Å². The van der Waals surface area contributed by atoms with Crippen LogP contribution in [0.3, 0.4) is 0 Å². The van der Waals surface area contributed by atoms with Crippen molar-refractivity contribution < 1.29 is 83.9 Å². The summed E-state index contributed by atoms with van der Waals surface area (Å²) in [5.74, 6) is 0. The average Bonchev–Trinajstić information content (AvgIpc) is 2.94. The molecular formula is C21H60Al2O18P6+6. The minimum absolute atomic E-state index is 0. The lowest BCUT2D eigenvalue weighted by Crippen LogP contribution is -1.98. The van der Waals surface area contributed by atoms with Crippen molar-refractivity contribution in [1.82, 2.24) is 0 Å². The highest BCUT2D eigenvalue weighted by molar-refractivity contribution is 7.33. The van der Waals surface area contributed by atoms with Gasteiger partial charge in [-0.2, -0.15) is 0 Å². The van der Waals surface area contributed by atoms with Crippen LogP contribution in [0.5, 0.6) is 0 Å².